The Hall–Kier alpha value is -1.87. The smallest absolute Gasteiger partial charge is 0.289 e. The van der Waals surface area contributed by atoms with Crippen molar-refractivity contribution in [3.8, 4) is 0 Å². The van der Waals surface area contributed by atoms with E-state index in [-0.39, 0.29) is 23.0 Å². The van der Waals surface area contributed by atoms with Crippen LogP contribution in [0.5, 0.6) is 0 Å². The molecule has 1 saturated carbocycles. The van der Waals surface area contributed by atoms with Crippen molar-refractivity contribution in [2.24, 2.45) is 5.92 Å². The van der Waals surface area contributed by atoms with Crippen LogP contribution in [0.1, 0.15) is 23.4 Å². The lowest BCUT2D eigenvalue weighted by atomic mass is 10.0. The highest BCUT2D eigenvalue weighted by atomic mass is 32.2. The largest absolute Gasteiger partial charge is 0.459 e. The van der Waals surface area contributed by atoms with Crippen LogP contribution in [0.2, 0.25) is 0 Å². The molecule has 0 N–H and O–H groups in total. The molecule has 3 heterocycles. The van der Waals surface area contributed by atoms with E-state index in [9.17, 15) is 18.0 Å². The highest BCUT2D eigenvalue weighted by Gasteiger charge is 2.47. The Labute approximate surface area is 146 Å². The highest BCUT2D eigenvalue weighted by molar-refractivity contribution is 7.90. The van der Waals surface area contributed by atoms with Gasteiger partial charge in [-0.25, -0.2) is 8.42 Å². The van der Waals surface area contributed by atoms with Gasteiger partial charge in [-0.05, 0) is 25.0 Å². The quantitative estimate of drug-likeness (QED) is 0.746. The fraction of sp³-hybridized carbons (Fsp3) is 0.625. The molecule has 0 bridgehead atoms. The molecule has 2 aliphatic heterocycles. The molecule has 8 nitrogen and oxygen atoms in total. The second-order valence-electron chi connectivity index (χ2n) is 6.85. The zero-order valence-corrected chi connectivity index (χ0v) is 14.7. The summed E-state index contributed by atoms with van der Waals surface area (Å²) >= 11 is 0. The van der Waals surface area contributed by atoms with Crippen LogP contribution in [-0.2, 0) is 14.8 Å². The lowest BCUT2D eigenvalue weighted by Gasteiger charge is -2.42. The predicted molar refractivity (Wildman–Crippen MR) is 88.2 cm³/mol. The van der Waals surface area contributed by atoms with E-state index < -0.39 is 10.0 Å². The van der Waals surface area contributed by atoms with Gasteiger partial charge in [0.2, 0.25) is 15.9 Å². The maximum atomic E-state index is 12.5. The summed E-state index contributed by atoms with van der Waals surface area (Å²) in [5, 5.41) is -0.222. The molecule has 0 atom stereocenters. The summed E-state index contributed by atoms with van der Waals surface area (Å²) in [6.07, 6.45) is 2.94. The van der Waals surface area contributed by atoms with Crippen LogP contribution in [0.4, 0.5) is 0 Å². The summed E-state index contributed by atoms with van der Waals surface area (Å²) in [6, 6.07) is 3.30. The van der Waals surface area contributed by atoms with Crippen LogP contribution in [0, 0.1) is 5.92 Å². The molecule has 0 radical (unpaired) electrons. The lowest BCUT2D eigenvalue weighted by Crippen LogP contribution is -2.59. The number of furan rings is 1. The Balaban J connectivity index is 1.27. The first-order chi connectivity index (χ1) is 12.0. The first kappa shape index (κ1) is 16.6. The topological polar surface area (TPSA) is 91.1 Å². The van der Waals surface area contributed by atoms with Crippen LogP contribution in [0.15, 0.2) is 22.8 Å². The van der Waals surface area contributed by atoms with Gasteiger partial charge in [-0.1, -0.05) is 0 Å². The molecular weight excluding hydrogens is 346 g/mol. The minimum Gasteiger partial charge on any atom is -0.459 e. The summed E-state index contributed by atoms with van der Waals surface area (Å²) in [7, 11) is -3.17. The van der Waals surface area contributed by atoms with E-state index >= 15 is 0 Å². The lowest BCUT2D eigenvalue weighted by molar-refractivity contribution is -0.140. The van der Waals surface area contributed by atoms with Crippen molar-refractivity contribution in [3.63, 3.8) is 0 Å². The maximum absolute atomic E-state index is 12.5. The van der Waals surface area contributed by atoms with E-state index in [0.29, 0.717) is 45.0 Å². The van der Waals surface area contributed by atoms with Crippen molar-refractivity contribution in [1.29, 1.82) is 0 Å². The Bertz CT molecular complexity index is 758. The zero-order valence-electron chi connectivity index (χ0n) is 13.8. The third kappa shape index (κ3) is 3.06. The second-order valence-corrected chi connectivity index (χ2v) is 9.07. The molecule has 0 aromatic carbocycles. The van der Waals surface area contributed by atoms with Crippen molar-refractivity contribution in [3.05, 3.63) is 24.2 Å². The zero-order chi connectivity index (χ0) is 17.6. The van der Waals surface area contributed by atoms with Crippen molar-refractivity contribution in [2.45, 2.75) is 18.1 Å². The number of amides is 2. The molecular formula is C16H21N3O5S. The molecule has 1 aromatic rings. The van der Waals surface area contributed by atoms with Gasteiger partial charge in [0.15, 0.2) is 5.76 Å². The molecule has 1 aromatic heterocycles. The van der Waals surface area contributed by atoms with Gasteiger partial charge in [-0.3, -0.25) is 9.59 Å². The number of rotatable bonds is 4. The van der Waals surface area contributed by atoms with Gasteiger partial charge in [0, 0.05) is 39.3 Å². The van der Waals surface area contributed by atoms with Gasteiger partial charge in [0.1, 0.15) is 0 Å². The normalized spacial score (nSPS) is 22.7. The molecule has 0 spiro atoms. The van der Waals surface area contributed by atoms with Gasteiger partial charge in [-0.15, -0.1) is 0 Å². The van der Waals surface area contributed by atoms with E-state index in [0.717, 1.165) is 12.8 Å². The number of carbonyl (C=O) groups is 2. The van der Waals surface area contributed by atoms with Gasteiger partial charge in [-0.2, -0.15) is 4.31 Å². The fourth-order valence-corrected chi connectivity index (χ4v) is 5.25. The third-order valence-corrected chi connectivity index (χ3v) is 7.45. The van der Waals surface area contributed by atoms with E-state index in [1.807, 2.05) is 0 Å². The molecule has 2 amide bonds. The summed E-state index contributed by atoms with van der Waals surface area (Å²) in [5.74, 6) is -0.115. The Morgan fingerprint density at radius 1 is 1.04 bits per heavy atom. The molecule has 9 heteroatoms. The van der Waals surface area contributed by atoms with E-state index in [2.05, 4.69) is 0 Å². The molecule has 1 aliphatic carbocycles. The molecule has 0 unspecified atom stereocenters. The summed E-state index contributed by atoms with van der Waals surface area (Å²) in [4.78, 5) is 28.2. The molecule has 3 aliphatic rings. The van der Waals surface area contributed by atoms with Crippen LogP contribution >= 0.6 is 0 Å². The summed E-state index contributed by atoms with van der Waals surface area (Å²) in [5.41, 5.74) is 0. The second kappa shape index (κ2) is 6.14. The summed E-state index contributed by atoms with van der Waals surface area (Å²) in [6.45, 7) is 2.45. The van der Waals surface area contributed by atoms with Crippen LogP contribution in [-0.4, -0.2) is 78.9 Å². The van der Waals surface area contributed by atoms with Crippen molar-refractivity contribution in [1.82, 2.24) is 14.1 Å². The van der Waals surface area contributed by atoms with Crippen LogP contribution in [0.3, 0.4) is 0 Å². The SMILES string of the molecule is O=C(c1ccco1)N1CCN(C(=O)C2CN(S(=O)(=O)C3CC3)C2)CC1. The first-order valence-corrected chi connectivity index (χ1v) is 10.1. The average molecular weight is 367 g/mol. The van der Waals surface area contributed by atoms with Gasteiger partial charge >= 0.3 is 0 Å². The number of piperazine rings is 1. The van der Waals surface area contributed by atoms with Gasteiger partial charge in [0.25, 0.3) is 5.91 Å². The highest BCUT2D eigenvalue weighted by Crippen LogP contribution is 2.34. The Morgan fingerprint density at radius 2 is 1.68 bits per heavy atom. The number of nitrogens with zero attached hydrogens (tertiary/aromatic N) is 3. The monoisotopic (exact) mass is 367 g/mol. The average Bonchev–Trinajstić information content (AvgIpc) is 3.29. The molecule has 25 heavy (non-hydrogen) atoms. The Kier molecular flexibility index (Phi) is 4.07. The van der Waals surface area contributed by atoms with Crippen molar-refractivity contribution < 1.29 is 22.4 Å². The first-order valence-electron chi connectivity index (χ1n) is 8.57. The molecule has 2 saturated heterocycles. The summed E-state index contributed by atoms with van der Waals surface area (Å²) < 4.78 is 30.8. The van der Waals surface area contributed by atoms with Crippen molar-refractivity contribution in [2.75, 3.05) is 39.3 Å². The molecule has 136 valence electrons. The van der Waals surface area contributed by atoms with Crippen molar-refractivity contribution >= 4 is 21.8 Å². The predicted octanol–water partition coefficient (Wildman–Crippen LogP) is -0.0120. The number of sulfonamides is 1. The number of hydrogen-bond acceptors (Lipinski definition) is 5. The standard InChI is InChI=1S/C16H21N3O5S/c20-15(12-10-19(11-12)25(22,23)13-3-4-13)17-5-7-18(8-6-17)16(21)14-2-1-9-24-14/h1-2,9,12-13H,3-8,10-11H2. The Morgan fingerprint density at radius 3 is 2.24 bits per heavy atom. The number of carbonyl (C=O) groups excluding carboxylic acids is 2. The third-order valence-electron chi connectivity index (χ3n) is 5.11. The maximum Gasteiger partial charge on any atom is 0.289 e. The fourth-order valence-electron chi connectivity index (χ4n) is 3.32. The van der Waals surface area contributed by atoms with Gasteiger partial charge in [0.05, 0.1) is 17.4 Å². The minimum atomic E-state index is -3.17. The van der Waals surface area contributed by atoms with Gasteiger partial charge < -0.3 is 14.2 Å². The number of hydrogen-bond donors (Lipinski definition) is 0. The van der Waals surface area contributed by atoms with E-state index in [1.54, 1.807) is 21.9 Å². The molecule has 3 fully saturated rings. The van der Waals surface area contributed by atoms with Crippen LogP contribution in [0.25, 0.3) is 0 Å². The van der Waals surface area contributed by atoms with E-state index in [4.69, 9.17) is 4.42 Å². The molecule has 4 rings (SSSR count). The van der Waals surface area contributed by atoms with E-state index in [1.165, 1.54) is 10.6 Å². The minimum absolute atomic E-state index is 0.00709. The van der Waals surface area contributed by atoms with Crippen LogP contribution < -0.4 is 0 Å².